The Morgan fingerprint density at radius 3 is 2.39 bits per heavy atom. The number of nitrogens with zero attached hydrogens (tertiary/aromatic N) is 1. The summed E-state index contributed by atoms with van der Waals surface area (Å²) in [6.45, 7) is 2.47. The van der Waals surface area contributed by atoms with E-state index in [-0.39, 0.29) is 31.1 Å². The summed E-state index contributed by atoms with van der Waals surface area (Å²) in [7, 11) is 0. The van der Waals surface area contributed by atoms with Gasteiger partial charge < -0.3 is 15.5 Å². The standard InChI is InChI=1S/C18H28IN3O6/c1-2-3-7-13(21-14(23)12-19)18(27)20-11-6-4-5-8-17(26)28-22-15(24)9-10-16(22)25/h13H,2-12H2,1H3,(H,20,27)(H,21,23). The SMILES string of the molecule is CCCCC(NC(=O)CI)C(=O)NCCCCCC(=O)ON1C(=O)CCC1=O. The van der Waals surface area contributed by atoms with Crippen LogP contribution in [0.2, 0.25) is 0 Å². The Morgan fingerprint density at radius 1 is 1.11 bits per heavy atom. The van der Waals surface area contributed by atoms with Crippen LogP contribution in [0.15, 0.2) is 0 Å². The number of amides is 4. The van der Waals surface area contributed by atoms with Crippen LogP contribution < -0.4 is 10.6 Å². The predicted molar refractivity (Wildman–Crippen MR) is 109 cm³/mol. The van der Waals surface area contributed by atoms with E-state index in [4.69, 9.17) is 4.84 Å². The average molecular weight is 509 g/mol. The molecule has 28 heavy (non-hydrogen) atoms. The molecule has 10 heteroatoms. The van der Waals surface area contributed by atoms with Gasteiger partial charge in [0.1, 0.15) is 6.04 Å². The van der Waals surface area contributed by atoms with Crippen molar-refractivity contribution in [2.75, 3.05) is 11.0 Å². The highest BCUT2D eigenvalue weighted by Gasteiger charge is 2.32. The Hall–Kier alpha value is -1.72. The van der Waals surface area contributed by atoms with Crippen molar-refractivity contribution in [2.24, 2.45) is 0 Å². The van der Waals surface area contributed by atoms with E-state index in [1.165, 1.54) is 0 Å². The normalized spacial score (nSPS) is 14.7. The van der Waals surface area contributed by atoms with Gasteiger partial charge in [0.2, 0.25) is 11.8 Å². The fraction of sp³-hybridized carbons (Fsp3) is 0.722. The van der Waals surface area contributed by atoms with E-state index < -0.39 is 23.8 Å². The van der Waals surface area contributed by atoms with Crippen molar-refractivity contribution in [1.29, 1.82) is 0 Å². The van der Waals surface area contributed by atoms with Crippen molar-refractivity contribution in [3.8, 4) is 0 Å². The van der Waals surface area contributed by atoms with Crippen LogP contribution in [0.25, 0.3) is 0 Å². The van der Waals surface area contributed by atoms with Crippen molar-refractivity contribution in [3.63, 3.8) is 0 Å². The van der Waals surface area contributed by atoms with Crippen molar-refractivity contribution >= 4 is 52.2 Å². The number of hydrogen-bond acceptors (Lipinski definition) is 6. The first kappa shape index (κ1) is 24.3. The van der Waals surface area contributed by atoms with Crippen molar-refractivity contribution in [3.05, 3.63) is 0 Å². The summed E-state index contributed by atoms with van der Waals surface area (Å²) < 4.78 is 0.304. The van der Waals surface area contributed by atoms with Gasteiger partial charge in [-0.3, -0.25) is 19.2 Å². The lowest BCUT2D eigenvalue weighted by atomic mass is 10.1. The van der Waals surface area contributed by atoms with E-state index in [9.17, 15) is 24.0 Å². The third kappa shape index (κ3) is 8.98. The fourth-order valence-electron chi connectivity index (χ4n) is 2.62. The third-order valence-electron chi connectivity index (χ3n) is 4.18. The van der Waals surface area contributed by atoms with Crippen LogP contribution in [0.1, 0.15) is 64.7 Å². The Morgan fingerprint density at radius 2 is 1.79 bits per heavy atom. The van der Waals surface area contributed by atoms with E-state index >= 15 is 0 Å². The summed E-state index contributed by atoms with van der Waals surface area (Å²) in [5.74, 6) is -1.96. The molecule has 4 amide bonds. The summed E-state index contributed by atoms with van der Waals surface area (Å²) >= 11 is 1.95. The van der Waals surface area contributed by atoms with E-state index in [0.717, 1.165) is 12.8 Å². The third-order valence-corrected chi connectivity index (χ3v) is 4.87. The van der Waals surface area contributed by atoms with Gasteiger partial charge in [0.15, 0.2) is 0 Å². The molecule has 0 aliphatic carbocycles. The molecule has 2 N–H and O–H groups in total. The zero-order chi connectivity index (χ0) is 20.9. The lowest BCUT2D eigenvalue weighted by molar-refractivity contribution is -0.197. The van der Waals surface area contributed by atoms with Gasteiger partial charge in [-0.15, -0.1) is 5.06 Å². The lowest BCUT2D eigenvalue weighted by Crippen LogP contribution is -2.47. The van der Waals surface area contributed by atoms with Crippen LogP contribution >= 0.6 is 22.6 Å². The molecule has 0 aromatic carbocycles. The summed E-state index contributed by atoms with van der Waals surface area (Å²) in [6.07, 6.45) is 4.50. The highest BCUT2D eigenvalue weighted by atomic mass is 127. The molecule has 0 bridgehead atoms. The van der Waals surface area contributed by atoms with Crippen molar-refractivity contribution in [1.82, 2.24) is 15.7 Å². The van der Waals surface area contributed by atoms with Crippen LogP contribution in [-0.2, 0) is 28.8 Å². The number of carbonyl (C=O) groups is 5. The van der Waals surface area contributed by atoms with Crippen LogP contribution in [0, 0.1) is 0 Å². The molecule has 0 aromatic rings. The minimum atomic E-state index is -0.617. The second-order valence-corrected chi connectivity index (χ2v) is 7.31. The van der Waals surface area contributed by atoms with Gasteiger partial charge in [0.05, 0.1) is 4.43 Å². The Bertz CT molecular complexity index is 568. The molecule has 1 heterocycles. The van der Waals surface area contributed by atoms with Crippen LogP contribution in [0.4, 0.5) is 0 Å². The van der Waals surface area contributed by atoms with E-state index in [0.29, 0.717) is 41.7 Å². The van der Waals surface area contributed by atoms with Gasteiger partial charge in [-0.1, -0.05) is 48.8 Å². The second-order valence-electron chi connectivity index (χ2n) is 6.54. The Labute approximate surface area is 178 Å². The molecule has 0 saturated carbocycles. The van der Waals surface area contributed by atoms with Gasteiger partial charge in [0, 0.05) is 25.8 Å². The minimum Gasteiger partial charge on any atom is -0.354 e. The van der Waals surface area contributed by atoms with Gasteiger partial charge in [-0.25, -0.2) is 4.79 Å². The molecular weight excluding hydrogens is 481 g/mol. The molecule has 1 unspecified atom stereocenters. The molecule has 0 spiro atoms. The maximum atomic E-state index is 12.2. The van der Waals surface area contributed by atoms with Gasteiger partial charge in [-0.05, 0) is 19.3 Å². The first-order valence-electron chi connectivity index (χ1n) is 9.58. The molecule has 9 nitrogen and oxygen atoms in total. The van der Waals surface area contributed by atoms with Crippen molar-refractivity contribution < 1.29 is 28.8 Å². The number of carbonyl (C=O) groups excluding carboxylic acids is 5. The fourth-order valence-corrected chi connectivity index (χ4v) is 2.84. The molecule has 1 saturated heterocycles. The molecule has 1 aliphatic heterocycles. The highest BCUT2D eigenvalue weighted by molar-refractivity contribution is 14.1. The first-order chi connectivity index (χ1) is 13.4. The number of rotatable bonds is 13. The number of unbranched alkanes of at least 4 members (excludes halogenated alkanes) is 3. The molecule has 158 valence electrons. The maximum Gasteiger partial charge on any atom is 0.333 e. The quantitative estimate of drug-likeness (QED) is 0.168. The molecule has 1 atom stereocenters. The highest BCUT2D eigenvalue weighted by Crippen LogP contribution is 2.13. The molecule has 0 aromatic heterocycles. The largest absolute Gasteiger partial charge is 0.354 e. The van der Waals surface area contributed by atoms with Gasteiger partial charge >= 0.3 is 5.97 Å². The number of halogens is 1. The summed E-state index contributed by atoms with van der Waals surface area (Å²) in [5, 5.41) is 6.08. The van der Waals surface area contributed by atoms with Crippen LogP contribution in [0.3, 0.4) is 0 Å². The number of imide groups is 1. The smallest absolute Gasteiger partial charge is 0.333 e. The summed E-state index contributed by atoms with van der Waals surface area (Å²) in [5.41, 5.74) is 0. The van der Waals surface area contributed by atoms with Crippen LogP contribution in [0.5, 0.6) is 0 Å². The van der Waals surface area contributed by atoms with Gasteiger partial charge in [0.25, 0.3) is 11.8 Å². The molecule has 1 fully saturated rings. The van der Waals surface area contributed by atoms with Crippen molar-refractivity contribution in [2.45, 2.75) is 70.8 Å². The molecule has 1 rings (SSSR count). The Kier molecular flexibility index (Phi) is 11.7. The predicted octanol–water partition coefficient (Wildman–Crippen LogP) is 1.38. The lowest BCUT2D eigenvalue weighted by Gasteiger charge is -2.17. The molecule has 1 aliphatic rings. The number of nitrogens with one attached hydrogen (secondary N) is 2. The maximum absolute atomic E-state index is 12.2. The molecular formula is C18H28IN3O6. The Balaban J connectivity index is 2.19. The number of hydrogen-bond donors (Lipinski definition) is 2. The summed E-state index contributed by atoms with van der Waals surface area (Å²) in [6, 6.07) is -0.521. The van der Waals surface area contributed by atoms with E-state index in [2.05, 4.69) is 10.6 Å². The van der Waals surface area contributed by atoms with Crippen LogP contribution in [-0.4, -0.2) is 51.7 Å². The number of hydroxylamine groups is 2. The topological polar surface area (TPSA) is 122 Å². The summed E-state index contributed by atoms with van der Waals surface area (Å²) in [4.78, 5) is 63.0. The van der Waals surface area contributed by atoms with Gasteiger partial charge in [-0.2, -0.15) is 0 Å². The van der Waals surface area contributed by atoms with E-state index in [1.807, 2.05) is 29.5 Å². The average Bonchev–Trinajstić information content (AvgIpc) is 2.99. The zero-order valence-electron chi connectivity index (χ0n) is 16.1. The zero-order valence-corrected chi connectivity index (χ0v) is 18.3. The second kappa shape index (κ2) is 13.5. The van der Waals surface area contributed by atoms with E-state index in [1.54, 1.807) is 0 Å². The molecule has 0 radical (unpaired) electrons. The monoisotopic (exact) mass is 509 g/mol. The number of alkyl halides is 1. The minimum absolute atomic E-state index is 0.0728. The first-order valence-corrected chi connectivity index (χ1v) is 11.1.